The SMILES string of the molecule is CN(Cc1ncn[nH]1)C(=O)C=Cc1nc2ccccc2o1. The third kappa shape index (κ3) is 2.97. The molecule has 0 saturated heterocycles. The molecule has 0 aliphatic carbocycles. The first-order valence-corrected chi connectivity index (χ1v) is 6.35. The molecule has 0 fully saturated rings. The van der Waals surface area contributed by atoms with Gasteiger partial charge in [0.1, 0.15) is 17.7 Å². The molecule has 0 saturated carbocycles. The van der Waals surface area contributed by atoms with E-state index >= 15 is 0 Å². The summed E-state index contributed by atoms with van der Waals surface area (Å²) in [4.78, 5) is 21.7. The molecule has 2 aromatic heterocycles. The highest BCUT2D eigenvalue weighted by Crippen LogP contribution is 2.15. The number of amides is 1. The highest BCUT2D eigenvalue weighted by atomic mass is 16.3. The molecule has 2 heterocycles. The van der Waals surface area contributed by atoms with Gasteiger partial charge in [0, 0.05) is 19.2 Å². The summed E-state index contributed by atoms with van der Waals surface area (Å²) in [6, 6.07) is 7.44. The minimum atomic E-state index is -0.173. The monoisotopic (exact) mass is 283 g/mol. The molecule has 1 N–H and O–H groups in total. The highest BCUT2D eigenvalue weighted by Gasteiger charge is 2.08. The highest BCUT2D eigenvalue weighted by molar-refractivity contribution is 5.91. The van der Waals surface area contributed by atoms with E-state index in [0.29, 0.717) is 23.8 Å². The average molecular weight is 283 g/mol. The van der Waals surface area contributed by atoms with E-state index in [-0.39, 0.29) is 5.91 Å². The third-order valence-corrected chi connectivity index (χ3v) is 2.91. The van der Waals surface area contributed by atoms with E-state index in [1.165, 1.54) is 17.3 Å². The maximum Gasteiger partial charge on any atom is 0.246 e. The van der Waals surface area contributed by atoms with E-state index in [2.05, 4.69) is 20.2 Å². The van der Waals surface area contributed by atoms with Crippen molar-refractivity contribution in [1.82, 2.24) is 25.1 Å². The number of carbonyl (C=O) groups is 1. The first kappa shape index (κ1) is 13.0. The number of hydrogen-bond donors (Lipinski definition) is 1. The third-order valence-electron chi connectivity index (χ3n) is 2.91. The van der Waals surface area contributed by atoms with Crippen LogP contribution in [0.3, 0.4) is 0 Å². The second kappa shape index (κ2) is 5.58. The van der Waals surface area contributed by atoms with Gasteiger partial charge in [-0.15, -0.1) is 0 Å². The number of oxazole rings is 1. The first-order chi connectivity index (χ1) is 10.2. The van der Waals surface area contributed by atoms with Gasteiger partial charge in [-0.2, -0.15) is 5.10 Å². The standard InChI is InChI=1S/C14H13N5O2/c1-19(8-12-15-9-16-18-12)14(20)7-6-13-17-10-4-2-3-5-11(10)21-13/h2-7,9H,8H2,1H3,(H,15,16,18). The van der Waals surface area contributed by atoms with Crippen LogP contribution in [-0.4, -0.2) is 38.0 Å². The van der Waals surface area contributed by atoms with E-state index in [4.69, 9.17) is 4.42 Å². The molecule has 1 amide bonds. The lowest BCUT2D eigenvalue weighted by Crippen LogP contribution is -2.24. The van der Waals surface area contributed by atoms with Gasteiger partial charge >= 0.3 is 0 Å². The summed E-state index contributed by atoms with van der Waals surface area (Å²) in [7, 11) is 1.68. The summed E-state index contributed by atoms with van der Waals surface area (Å²) in [6.45, 7) is 0.358. The molecule has 3 rings (SSSR count). The lowest BCUT2D eigenvalue weighted by molar-refractivity contribution is -0.125. The Labute approximate surface area is 120 Å². The van der Waals surface area contributed by atoms with Gasteiger partial charge in [-0.05, 0) is 12.1 Å². The number of aromatic amines is 1. The molecule has 0 aliphatic rings. The Morgan fingerprint density at radius 3 is 3.05 bits per heavy atom. The van der Waals surface area contributed by atoms with Gasteiger partial charge in [-0.3, -0.25) is 9.89 Å². The summed E-state index contributed by atoms with van der Waals surface area (Å²) < 4.78 is 5.51. The van der Waals surface area contributed by atoms with Crippen molar-refractivity contribution in [3.05, 3.63) is 48.4 Å². The molecule has 3 aromatic rings. The molecule has 0 atom stereocenters. The number of H-pyrrole nitrogens is 1. The predicted octanol–water partition coefficient (Wildman–Crippen LogP) is 1.62. The molecule has 0 aliphatic heterocycles. The molecule has 0 spiro atoms. The number of para-hydroxylation sites is 2. The smallest absolute Gasteiger partial charge is 0.246 e. The fourth-order valence-electron chi connectivity index (χ4n) is 1.84. The maximum atomic E-state index is 12.0. The zero-order valence-corrected chi connectivity index (χ0v) is 11.4. The van der Waals surface area contributed by atoms with Gasteiger partial charge < -0.3 is 9.32 Å². The molecule has 1 aromatic carbocycles. The summed E-state index contributed by atoms with van der Waals surface area (Å²) in [6.07, 6.45) is 4.38. The van der Waals surface area contributed by atoms with Gasteiger partial charge in [0.15, 0.2) is 5.58 Å². The first-order valence-electron chi connectivity index (χ1n) is 6.35. The topological polar surface area (TPSA) is 87.9 Å². The molecule has 21 heavy (non-hydrogen) atoms. The van der Waals surface area contributed by atoms with E-state index in [1.54, 1.807) is 13.1 Å². The maximum absolute atomic E-state index is 12.0. The van der Waals surface area contributed by atoms with Crippen LogP contribution in [0.4, 0.5) is 0 Å². The number of aromatic nitrogens is 4. The van der Waals surface area contributed by atoms with Gasteiger partial charge in [0.05, 0.1) is 6.54 Å². The minimum absolute atomic E-state index is 0.173. The van der Waals surface area contributed by atoms with Crippen molar-refractivity contribution in [2.75, 3.05) is 7.05 Å². The number of nitrogens with one attached hydrogen (secondary N) is 1. The van der Waals surface area contributed by atoms with Crippen molar-refractivity contribution >= 4 is 23.1 Å². The van der Waals surface area contributed by atoms with Crippen LogP contribution in [0.25, 0.3) is 17.2 Å². The van der Waals surface area contributed by atoms with Crippen LogP contribution in [0.15, 0.2) is 41.1 Å². The largest absolute Gasteiger partial charge is 0.437 e. The molecule has 106 valence electrons. The number of carbonyl (C=O) groups excluding carboxylic acids is 1. The van der Waals surface area contributed by atoms with Crippen LogP contribution >= 0.6 is 0 Å². The zero-order chi connectivity index (χ0) is 14.7. The molecular formula is C14H13N5O2. The number of rotatable bonds is 4. The van der Waals surface area contributed by atoms with Crippen LogP contribution in [0.2, 0.25) is 0 Å². The fourth-order valence-corrected chi connectivity index (χ4v) is 1.84. The summed E-state index contributed by atoms with van der Waals surface area (Å²) >= 11 is 0. The number of likely N-dealkylation sites (N-methyl/N-ethyl adjacent to an activating group) is 1. The molecule has 0 radical (unpaired) electrons. The van der Waals surface area contributed by atoms with E-state index < -0.39 is 0 Å². The molecule has 7 heteroatoms. The van der Waals surface area contributed by atoms with Crippen LogP contribution in [0, 0.1) is 0 Å². The van der Waals surface area contributed by atoms with Gasteiger partial charge in [0.25, 0.3) is 0 Å². The molecule has 7 nitrogen and oxygen atoms in total. The number of fused-ring (bicyclic) bond motifs is 1. The second-order valence-electron chi connectivity index (χ2n) is 4.48. The van der Waals surface area contributed by atoms with Crippen LogP contribution in [-0.2, 0) is 11.3 Å². The molecule has 0 unspecified atom stereocenters. The Balaban J connectivity index is 1.68. The number of hydrogen-bond acceptors (Lipinski definition) is 5. The molecule has 0 bridgehead atoms. The Morgan fingerprint density at radius 2 is 2.29 bits per heavy atom. The van der Waals surface area contributed by atoms with Crippen molar-refractivity contribution in [1.29, 1.82) is 0 Å². The van der Waals surface area contributed by atoms with Crippen molar-refractivity contribution in [3.63, 3.8) is 0 Å². The predicted molar refractivity (Wildman–Crippen MR) is 75.9 cm³/mol. The van der Waals surface area contributed by atoms with Gasteiger partial charge in [0.2, 0.25) is 11.8 Å². The number of nitrogens with zero attached hydrogens (tertiary/aromatic N) is 4. The van der Waals surface area contributed by atoms with Crippen molar-refractivity contribution < 1.29 is 9.21 Å². The van der Waals surface area contributed by atoms with E-state index in [9.17, 15) is 4.79 Å². The average Bonchev–Trinajstić information content (AvgIpc) is 3.13. The minimum Gasteiger partial charge on any atom is -0.437 e. The Kier molecular flexibility index (Phi) is 3.46. The van der Waals surface area contributed by atoms with E-state index in [1.807, 2.05) is 24.3 Å². The quantitative estimate of drug-likeness (QED) is 0.735. The zero-order valence-electron chi connectivity index (χ0n) is 11.4. The summed E-state index contributed by atoms with van der Waals surface area (Å²) in [5, 5.41) is 6.44. The van der Waals surface area contributed by atoms with Crippen molar-refractivity contribution in [3.8, 4) is 0 Å². The van der Waals surface area contributed by atoms with Crippen LogP contribution in [0.1, 0.15) is 11.7 Å². The summed E-state index contributed by atoms with van der Waals surface area (Å²) in [5.74, 6) is 0.854. The number of benzene rings is 1. The lowest BCUT2D eigenvalue weighted by Gasteiger charge is -2.12. The van der Waals surface area contributed by atoms with E-state index in [0.717, 1.165) is 5.52 Å². The summed E-state index contributed by atoms with van der Waals surface area (Å²) in [5.41, 5.74) is 1.46. The normalized spacial score (nSPS) is 11.3. The van der Waals surface area contributed by atoms with Gasteiger partial charge in [-0.25, -0.2) is 9.97 Å². The van der Waals surface area contributed by atoms with Crippen molar-refractivity contribution in [2.24, 2.45) is 0 Å². The van der Waals surface area contributed by atoms with Crippen molar-refractivity contribution in [2.45, 2.75) is 6.54 Å². The Morgan fingerprint density at radius 1 is 1.43 bits per heavy atom. The Bertz CT molecular complexity index is 743. The fraction of sp³-hybridized carbons (Fsp3) is 0.143. The van der Waals surface area contributed by atoms with Crippen LogP contribution < -0.4 is 0 Å². The van der Waals surface area contributed by atoms with Crippen LogP contribution in [0.5, 0.6) is 0 Å². The van der Waals surface area contributed by atoms with Gasteiger partial charge in [-0.1, -0.05) is 12.1 Å². The Hall–Kier alpha value is -2.96. The second-order valence-corrected chi connectivity index (χ2v) is 4.48. The lowest BCUT2D eigenvalue weighted by atomic mass is 10.3. The molecular weight excluding hydrogens is 270 g/mol.